The van der Waals surface area contributed by atoms with E-state index in [1.807, 2.05) is 24.3 Å². The van der Waals surface area contributed by atoms with E-state index in [-0.39, 0.29) is 0 Å². The van der Waals surface area contributed by atoms with Crippen molar-refractivity contribution in [2.24, 2.45) is 0 Å². The molecule has 0 amide bonds. The average molecular weight is 175 g/mol. The lowest BCUT2D eigenvalue weighted by atomic mass is 10.2. The molecule has 4 nitrogen and oxygen atoms in total. The zero-order chi connectivity index (χ0) is 9.10. The van der Waals surface area contributed by atoms with E-state index in [1.54, 1.807) is 11.0 Å². The van der Waals surface area contributed by atoms with Crippen molar-refractivity contribution < 1.29 is 5.73 Å². The summed E-state index contributed by atoms with van der Waals surface area (Å²) in [7, 11) is 0. The maximum atomic E-state index is 4.07. The molecule has 0 saturated heterocycles. The van der Waals surface area contributed by atoms with Crippen LogP contribution in [0.25, 0.3) is 5.69 Å². The molecule has 0 aliphatic carbocycles. The number of rotatable bonds is 2. The standard InChI is InChI=1S/C9H10N4/c10-5-8-3-1-2-4-9(8)13-7-11-6-12-13/h1-4,6-7H,5,10H2/p+1. The molecule has 0 radical (unpaired) electrons. The van der Waals surface area contributed by atoms with Gasteiger partial charge in [-0.1, -0.05) is 18.2 Å². The highest BCUT2D eigenvalue weighted by Crippen LogP contribution is 2.10. The van der Waals surface area contributed by atoms with Crippen molar-refractivity contribution >= 4 is 0 Å². The molecule has 66 valence electrons. The molecule has 13 heavy (non-hydrogen) atoms. The number of hydrogen-bond acceptors (Lipinski definition) is 2. The number of benzene rings is 1. The fraction of sp³-hybridized carbons (Fsp3) is 0.111. The first-order valence-electron chi connectivity index (χ1n) is 4.14. The predicted molar refractivity (Wildman–Crippen MR) is 48.0 cm³/mol. The summed E-state index contributed by atoms with van der Waals surface area (Å²) >= 11 is 0. The molecule has 0 atom stereocenters. The zero-order valence-corrected chi connectivity index (χ0v) is 7.22. The normalized spacial score (nSPS) is 10.2. The van der Waals surface area contributed by atoms with Gasteiger partial charge in [0.1, 0.15) is 19.2 Å². The van der Waals surface area contributed by atoms with Gasteiger partial charge in [-0.15, -0.1) is 0 Å². The third kappa shape index (κ3) is 1.43. The maximum Gasteiger partial charge on any atom is 0.138 e. The molecule has 1 heterocycles. The summed E-state index contributed by atoms with van der Waals surface area (Å²) in [5.74, 6) is 0. The van der Waals surface area contributed by atoms with Crippen LogP contribution in [0.5, 0.6) is 0 Å². The molecule has 0 aliphatic heterocycles. The lowest BCUT2D eigenvalue weighted by molar-refractivity contribution is -0.386. The highest BCUT2D eigenvalue weighted by atomic mass is 15.3. The minimum atomic E-state index is 0.760. The lowest BCUT2D eigenvalue weighted by Crippen LogP contribution is -2.47. The van der Waals surface area contributed by atoms with Gasteiger partial charge in [-0.2, -0.15) is 5.10 Å². The topological polar surface area (TPSA) is 58.4 Å². The molecule has 0 aliphatic rings. The van der Waals surface area contributed by atoms with Crippen LogP contribution < -0.4 is 5.73 Å². The molecule has 2 rings (SSSR count). The van der Waals surface area contributed by atoms with Crippen LogP contribution in [-0.2, 0) is 6.54 Å². The van der Waals surface area contributed by atoms with Crippen molar-refractivity contribution in [1.29, 1.82) is 0 Å². The van der Waals surface area contributed by atoms with E-state index in [0.29, 0.717) is 0 Å². The van der Waals surface area contributed by atoms with Crippen LogP contribution in [0.15, 0.2) is 36.9 Å². The van der Waals surface area contributed by atoms with Crippen molar-refractivity contribution in [1.82, 2.24) is 14.8 Å². The number of nitrogens with zero attached hydrogens (tertiary/aromatic N) is 3. The van der Waals surface area contributed by atoms with Crippen LogP contribution in [0.4, 0.5) is 0 Å². The van der Waals surface area contributed by atoms with E-state index in [1.165, 1.54) is 11.9 Å². The van der Waals surface area contributed by atoms with Gasteiger partial charge in [0.05, 0.1) is 5.69 Å². The summed E-state index contributed by atoms with van der Waals surface area (Å²) < 4.78 is 1.75. The Bertz CT molecular complexity index is 380. The Labute approximate surface area is 76.0 Å². The first kappa shape index (κ1) is 7.94. The van der Waals surface area contributed by atoms with Gasteiger partial charge in [0.2, 0.25) is 0 Å². The van der Waals surface area contributed by atoms with E-state index in [2.05, 4.69) is 15.8 Å². The van der Waals surface area contributed by atoms with E-state index < -0.39 is 0 Å². The van der Waals surface area contributed by atoms with Gasteiger partial charge in [-0.05, 0) is 6.07 Å². The third-order valence-corrected chi connectivity index (χ3v) is 1.93. The summed E-state index contributed by atoms with van der Waals surface area (Å²) in [6.45, 7) is 0.760. The zero-order valence-electron chi connectivity index (χ0n) is 7.22. The second kappa shape index (κ2) is 3.37. The largest absolute Gasteiger partial charge is 0.354 e. The van der Waals surface area contributed by atoms with Gasteiger partial charge in [0.15, 0.2) is 0 Å². The molecule has 1 aromatic carbocycles. The predicted octanol–water partition coefficient (Wildman–Crippen LogP) is 0.00920. The van der Waals surface area contributed by atoms with E-state index in [9.17, 15) is 0 Å². The van der Waals surface area contributed by atoms with E-state index in [4.69, 9.17) is 0 Å². The number of quaternary nitrogens is 1. The van der Waals surface area contributed by atoms with Crippen molar-refractivity contribution in [3.8, 4) is 5.69 Å². The van der Waals surface area contributed by atoms with Crippen molar-refractivity contribution in [2.75, 3.05) is 0 Å². The Morgan fingerprint density at radius 3 is 2.85 bits per heavy atom. The highest BCUT2D eigenvalue weighted by molar-refractivity contribution is 5.38. The molecule has 0 spiro atoms. The Hall–Kier alpha value is -1.68. The van der Waals surface area contributed by atoms with E-state index >= 15 is 0 Å². The molecule has 0 unspecified atom stereocenters. The third-order valence-electron chi connectivity index (χ3n) is 1.93. The van der Waals surface area contributed by atoms with Crippen LogP contribution in [0, 0.1) is 0 Å². The molecule has 1 aromatic heterocycles. The highest BCUT2D eigenvalue weighted by Gasteiger charge is 2.02. The van der Waals surface area contributed by atoms with Gasteiger partial charge >= 0.3 is 0 Å². The van der Waals surface area contributed by atoms with Gasteiger partial charge in [0.25, 0.3) is 0 Å². The lowest BCUT2D eigenvalue weighted by Gasteiger charge is -2.03. The van der Waals surface area contributed by atoms with Gasteiger partial charge in [-0.25, -0.2) is 9.67 Å². The van der Waals surface area contributed by atoms with Crippen LogP contribution >= 0.6 is 0 Å². The molecule has 3 N–H and O–H groups in total. The Kier molecular flexibility index (Phi) is 2.06. The molecule has 2 aromatic rings. The monoisotopic (exact) mass is 175 g/mol. The molecule has 0 fully saturated rings. The van der Waals surface area contributed by atoms with Crippen LogP contribution in [0.3, 0.4) is 0 Å². The summed E-state index contributed by atoms with van der Waals surface area (Å²) in [5, 5.41) is 4.07. The minimum Gasteiger partial charge on any atom is -0.354 e. The fourth-order valence-corrected chi connectivity index (χ4v) is 1.28. The molecule has 0 saturated carbocycles. The number of para-hydroxylation sites is 1. The van der Waals surface area contributed by atoms with Gasteiger partial charge in [0, 0.05) is 5.56 Å². The Morgan fingerprint density at radius 2 is 2.15 bits per heavy atom. The van der Waals surface area contributed by atoms with Crippen molar-refractivity contribution in [3.05, 3.63) is 42.5 Å². The van der Waals surface area contributed by atoms with Crippen molar-refractivity contribution in [2.45, 2.75) is 6.54 Å². The summed E-state index contributed by atoms with van der Waals surface area (Å²) in [4.78, 5) is 3.91. The van der Waals surface area contributed by atoms with Crippen molar-refractivity contribution in [3.63, 3.8) is 0 Å². The number of hydrogen-bond donors (Lipinski definition) is 1. The smallest absolute Gasteiger partial charge is 0.138 e. The minimum absolute atomic E-state index is 0.760. The maximum absolute atomic E-state index is 4.07. The summed E-state index contributed by atoms with van der Waals surface area (Å²) in [6.07, 6.45) is 3.22. The Balaban J connectivity index is 2.51. The van der Waals surface area contributed by atoms with Crippen LogP contribution in [0.2, 0.25) is 0 Å². The Morgan fingerprint density at radius 1 is 1.31 bits per heavy atom. The quantitative estimate of drug-likeness (QED) is 0.699. The molecular formula is C9H11N4+. The second-order valence-electron chi connectivity index (χ2n) is 2.72. The average Bonchev–Trinajstić information content (AvgIpc) is 2.70. The van der Waals surface area contributed by atoms with Gasteiger partial charge < -0.3 is 5.73 Å². The van der Waals surface area contributed by atoms with Crippen LogP contribution in [0.1, 0.15) is 5.56 Å². The fourth-order valence-electron chi connectivity index (χ4n) is 1.28. The SMILES string of the molecule is [NH3+]Cc1ccccc1-n1cncn1. The van der Waals surface area contributed by atoms with E-state index in [0.717, 1.165) is 12.2 Å². The first-order chi connectivity index (χ1) is 6.42. The summed E-state index contributed by atoms with van der Waals surface area (Å²) in [6, 6.07) is 8.04. The first-order valence-corrected chi connectivity index (χ1v) is 4.14. The molecule has 4 heteroatoms. The van der Waals surface area contributed by atoms with Gasteiger partial charge in [-0.3, -0.25) is 0 Å². The van der Waals surface area contributed by atoms with Crippen LogP contribution in [-0.4, -0.2) is 14.8 Å². The summed E-state index contributed by atoms with van der Waals surface area (Å²) in [5.41, 5.74) is 6.09. The molecular weight excluding hydrogens is 164 g/mol. The molecule has 0 bridgehead atoms. The second-order valence-corrected chi connectivity index (χ2v) is 2.72. The number of aromatic nitrogens is 3.